The summed E-state index contributed by atoms with van der Waals surface area (Å²) in [6.07, 6.45) is 2.83. The Balaban J connectivity index is 1.79. The number of halogens is 1. The smallest absolute Gasteiger partial charge is 0.286 e. The van der Waals surface area contributed by atoms with Crippen LogP contribution < -0.4 is 10.9 Å². The number of carbonyl (C=O) groups excluding carboxylic acids is 3. The normalized spacial score (nSPS) is 15.9. The van der Waals surface area contributed by atoms with Crippen molar-refractivity contribution in [2.24, 2.45) is 11.3 Å². The Bertz CT molecular complexity index is 628. The van der Waals surface area contributed by atoms with Gasteiger partial charge >= 0.3 is 0 Å². The highest BCUT2D eigenvalue weighted by atomic mass is 79.9. The van der Waals surface area contributed by atoms with Crippen molar-refractivity contribution in [3.8, 4) is 0 Å². The highest BCUT2D eigenvalue weighted by Crippen LogP contribution is 2.23. The summed E-state index contributed by atoms with van der Waals surface area (Å²) in [7, 11) is 0. The van der Waals surface area contributed by atoms with Gasteiger partial charge < -0.3 is 9.88 Å². The second-order valence-corrected chi connectivity index (χ2v) is 7.91. The van der Waals surface area contributed by atoms with Crippen molar-refractivity contribution in [3.63, 3.8) is 0 Å². The number of aromatic nitrogens is 1. The Morgan fingerprint density at radius 2 is 1.83 bits per heavy atom. The van der Waals surface area contributed by atoms with Gasteiger partial charge in [0.15, 0.2) is 0 Å². The lowest BCUT2D eigenvalue weighted by Crippen LogP contribution is -2.49. The van der Waals surface area contributed by atoms with Crippen LogP contribution in [0.15, 0.2) is 16.7 Å². The Morgan fingerprint density at radius 3 is 2.33 bits per heavy atom. The van der Waals surface area contributed by atoms with Crippen LogP contribution in [-0.2, 0) is 9.59 Å². The third kappa shape index (κ3) is 4.59. The number of nitrogens with zero attached hydrogens (tertiary/aromatic N) is 1. The predicted molar refractivity (Wildman–Crippen MR) is 92.9 cm³/mol. The van der Waals surface area contributed by atoms with E-state index in [4.69, 9.17) is 0 Å². The maximum atomic E-state index is 12.2. The molecule has 1 aromatic heterocycles. The van der Waals surface area contributed by atoms with Crippen LogP contribution in [0.3, 0.4) is 0 Å². The zero-order valence-electron chi connectivity index (χ0n) is 14.1. The Kier molecular flexibility index (Phi) is 5.69. The summed E-state index contributed by atoms with van der Waals surface area (Å²) < 4.78 is 0.759. The van der Waals surface area contributed by atoms with E-state index in [-0.39, 0.29) is 17.7 Å². The van der Waals surface area contributed by atoms with E-state index in [9.17, 15) is 14.4 Å². The monoisotopic (exact) mass is 398 g/mol. The van der Waals surface area contributed by atoms with Gasteiger partial charge in [-0.15, -0.1) is 0 Å². The van der Waals surface area contributed by atoms with Crippen LogP contribution >= 0.6 is 15.9 Å². The van der Waals surface area contributed by atoms with Gasteiger partial charge in [-0.2, -0.15) is 0 Å². The molecule has 0 spiro atoms. The summed E-state index contributed by atoms with van der Waals surface area (Å²) in [6.45, 7) is 6.80. The number of H-pyrrole nitrogens is 1. The van der Waals surface area contributed by atoms with Gasteiger partial charge in [0.05, 0.1) is 0 Å². The van der Waals surface area contributed by atoms with Crippen LogP contribution in [0.2, 0.25) is 0 Å². The molecule has 3 N–H and O–H groups in total. The van der Waals surface area contributed by atoms with E-state index in [1.165, 1.54) is 0 Å². The lowest BCUT2D eigenvalue weighted by atomic mass is 9.91. The maximum Gasteiger partial charge on any atom is 0.286 e. The molecule has 2 rings (SSSR count). The molecule has 3 amide bonds. The summed E-state index contributed by atoms with van der Waals surface area (Å²) in [4.78, 5) is 40.9. The van der Waals surface area contributed by atoms with Crippen molar-refractivity contribution in [2.45, 2.75) is 33.6 Å². The van der Waals surface area contributed by atoms with E-state index in [1.807, 2.05) is 20.8 Å². The molecule has 0 atom stereocenters. The fourth-order valence-electron chi connectivity index (χ4n) is 2.61. The minimum Gasteiger partial charge on any atom is -0.356 e. The SMILES string of the molecule is CC(C)(C)C(=O)N1CCC(C(=O)NNC(=O)c2cc(Br)c[nH]2)CC1. The van der Waals surface area contributed by atoms with Crippen molar-refractivity contribution >= 4 is 33.7 Å². The van der Waals surface area contributed by atoms with Crippen LogP contribution in [0.4, 0.5) is 0 Å². The summed E-state index contributed by atoms with van der Waals surface area (Å²) in [5.74, 6) is -0.733. The molecule has 24 heavy (non-hydrogen) atoms. The van der Waals surface area contributed by atoms with Crippen molar-refractivity contribution < 1.29 is 14.4 Å². The fraction of sp³-hybridized carbons (Fsp3) is 0.562. The number of rotatable bonds is 2. The number of hydrogen-bond acceptors (Lipinski definition) is 3. The van der Waals surface area contributed by atoms with Gasteiger partial charge in [-0.3, -0.25) is 25.2 Å². The molecule has 1 aromatic rings. The number of hydrazine groups is 1. The molecule has 1 aliphatic rings. The van der Waals surface area contributed by atoms with Gasteiger partial charge in [0.2, 0.25) is 11.8 Å². The van der Waals surface area contributed by atoms with Crippen LogP contribution in [0, 0.1) is 11.3 Å². The van der Waals surface area contributed by atoms with E-state index in [0.717, 1.165) is 4.47 Å². The summed E-state index contributed by atoms with van der Waals surface area (Å²) in [5.41, 5.74) is 4.80. The number of aromatic amines is 1. The van der Waals surface area contributed by atoms with Gasteiger partial charge in [-0.1, -0.05) is 20.8 Å². The number of hydrogen-bond donors (Lipinski definition) is 3. The molecular weight excluding hydrogens is 376 g/mol. The standard InChI is InChI=1S/C16H23BrN4O3/c1-16(2,3)15(24)21-6-4-10(5-7-21)13(22)19-20-14(23)12-8-11(17)9-18-12/h8-10,18H,4-7H2,1-3H3,(H,19,22)(H,20,23). The first kappa shape index (κ1) is 18.5. The Labute approximate surface area is 149 Å². The molecule has 2 heterocycles. The van der Waals surface area contributed by atoms with Gasteiger partial charge in [0.25, 0.3) is 5.91 Å². The van der Waals surface area contributed by atoms with Gasteiger partial charge in [-0.25, -0.2) is 0 Å². The molecule has 1 saturated heterocycles. The average Bonchev–Trinajstić information content (AvgIpc) is 2.97. The van der Waals surface area contributed by atoms with Crippen molar-refractivity contribution in [1.29, 1.82) is 0 Å². The molecular formula is C16H23BrN4O3. The summed E-state index contributed by atoms with van der Waals surface area (Å²) in [5, 5.41) is 0. The number of amides is 3. The minimum atomic E-state index is -0.409. The lowest BCUT2D eigenvalue weighted by Gasteiger charge is -2.35. The zero-order valence-corrected chi connectivity index (χ0v) is 15.7. The van der Waals surface area contributed by atoms with Crippen LogP contribution in [-0.4, -0.2) is 40.7 Å². The Morgan fingerprint density at radius 1 is 1.21 bits per heavy atom. The Hall–Kier alpha value is -1.83. The summed E-state index contributed by atoms with van der Waals surface area (Å²) >= 11 is 3.24. The van der Waals surface area contributed by atoms with E-state index < -0.39 is 11.3 Å². The molecule has 8 heteroatoms. The maximum absolute atomic E-state index is 12.2. The summed E-state index contributed by atoms with van der Waals surface area (Å²) in [6, 6.07) is 1.62. The molecule has 132 valence electrons. The van der Waals surface area contributed by atoms with Crippen LogP contribution in [0.5, 0.6) is 0 Å². The minimum absolute atomic E-state index is 0.104. The van der Waals surface area contributed by atoms with Crippen molar-refractivity contribution in [1.82, 2.24) is 20.7 Å². The largest absolute Gasteiger partial charge is 0.356 e. The van der Waals surface area contributed by atoms with Crippen LogP contribution in [0.1, 0.15) is 44.1 Å². The van der Waals surface area contributed by atoms with Crippen molar-refractivity contribution in [3.05, 3.63) is 22.4 Å². The van der Waals surface area contributed by atoms with E-state index in [1.54, 1.807) is 17.2 Å². The van der Waals surface area contributed by atoms with Crippen LogP contribution in [0.25, 0.3) is 0 Å². The zero-order chi connectivity index (χ0) is 17.9. The van der Waals surface area contributed by atoms with E-state index in [2.05, 4.69) is 31.8 Å². The molecule has 1 aliphatic heterocycles. The van der Waals surface area contributed by atoms with Crippen molar-refractivity contribution in [2.75, 3.05) is 13.1 Å². The number of carbonyl (C=O) groups is 3. The molecule has 0 unspecified atom stereocenters. The highest BCUT2D eigenvalue weighted by molar-refractivity contribution is 9.10. The average molecular weight is 399 g/mol. The van der Waals surface area contributed by atoms with Gasteiger partial charge in [-0.05, 0) is 34.8 Å². The number of piperidine rings is 1. The molecule has 0 radical (unpaired) electrons. The highest BCUT2D eigenvalue weighted by Gasteiger charge is 2.32. The topological polar surface area (TPSA) is 94.3 Å². The first-order valence-corrected chi connectivity index (χ1v) is 8.71. The molecule has 7 nitrogen and oxygen atoms in total. The second-order valence-electron chi connectivity index (χ2n) is 6.99. The molecule has 0 bridgehead atoms. The number of likely N-dealkylation sites (tertiary alicyclic amines) is 1. The first-order valence-electron chi connectivity index (χ1n) is 7.92. The molecule has 0 aromatic carbocycles. The fourth-order valence-corrected chi connectivity index (χ4v) is 2.95. The molecule has 1 fully saturated rings. The molecule has 0 saturated carbocycles. The quantitative estimate of drug-likeness (QED) is 0.663. The van der Waals surface area contributed by atoms with E-state index in [0.29, 0.717) is 31.6 Å². The third-order valence-electron chi connectivity index (χ3n) is 3.99. The van der Waals surface area contributed by atoms with Gasteiger partial charge in [0, 0.05) is 35.1 Å². The first-order chi connectivity index (χ1) is 11.2. The molecule has 0 aliphatic carbocycles. The van der Waals surface area contributed by atoms with Gasteiger partial charge in [0.1, 0.15) is 5.69 Å². The lowest BCUT2D eigenvalue weighted by molar-refractivity contribution is -0.142. The predicted octanol–water partition coefficient (Wildman–Crippen LogP) is 1.82. The third-order valence-corrected chi connectivity index (χ3v) is 4.44. The number of nitrogens with one attached hydrogen (secondary N) is 3. The van der Waals surface area contributed by atoms with E-state index >= 15 is 0 Å². The second kappa shape index (κ2) is 7.38.